The normalized spacial score (nSPS) is 14.0. The number of nitrogens with one attached hydrogen (secondary N) is 1. The van der Waals surface area contributed by atoms with E-state index in [1.165, 1.54) is 6.33 Å². The van der Waals surface area contributed by atoms with Crippen LogP contribution in [0.5, 0.6) is 0 Å². The van der Waals surface area contributed by atoms with E-state index in [0.717, 1.165) is 0 Å². The summed E-state index contributed by atoms with van der Waals surface area (Å²) in [4.78, 5) is 39.2. The number of hydrogen-bond donors (Lipinski definition) is 2. The molecule has 122 valence electrons. The van der Waals surface area contributed by atoms with Crippen LogP contribution >= 0.6 is 0 Å². The van der Waals surface area contributed by atoms with Gasteiger partial charge in [-0.15, -0.1) is 0 Å². The molecule has 2 atom stereocenters. The van der Waals surface area contributed by atoms with Gasteiger partial charge in [0.1, 0.15) is 17.7 Å². The molecule has 3 N–H and O–H groups in total. The minimum Gasteiger partial charge on any atom is -0.458 e. The molecular formula is C14H22N4O4. The molecule has 8 heteroatoms. The Bertz CT molecular complexity index is 534. The molecule has 0 bridgehead atoms. The number of nitrogens with two attached hydrogens (primary N) is 1. The average molecular weight is 310 g/mol. The molecule has 0 aromatic carbocycles. The van der Waals surface area contributed by atoms with Gasteiger partial charge in [-0.05, 0) is 27.7 Å². The van der Waals surface area contributed by atoms with E-state index in [1.807, 2.05) is 0 Å². The maximum absolute atomic E-state index is 12.2. The minimum absolute atomic E-state index is 0.322. The molecule has 1 rings (SSSR count). The van der Waals surface area contributed by atoms with Gasteiger partial charge in [0.15, 0.2) is 0 Å². The van der Waals surface area contributed by atoms with E-state index in [9.17, 15) is 14.4 Å². The molecule has 0 aliphatic heterocycles. The van der Waals surface area contributed by atoms with E-state index < -0.39 is 35.5 Å². The van der Waals surface area contributed by atoms with Gasteiger partial charge in [0, 0.05) is 12.4 Å². The first-order valence-corrected chi connectivity index (χ1v) is 6.89. The summed E-state index contributed by atoms with van der Waals surface area (Å²) in [6, 6.07) is -1.70. The number of carbonyl (C=O) groups excluding carboxylic acids is 3. The van der Waals surface area contributed by atoms with Crippen LogP contribution in [0.2, 0.25) is 0 Å². The van der Waals surface area contributed by atoms with Gasteiger partial charge in [-0.3, -0.25) is 9.59 Å². The molecule has 0 aliphatic carbocycles. The Kier molecular flexibility index (Phi) is 5.67. The van der Waals surface area contributed by atoms with Gasteiger partial charge in [-0.25, -0.2) is 9.78 Å². The van der Waals surface area contributed by atoms with Gasteiger partial charge in [-0.2, -0.15) is 0 Å². The topological polar surface area (TPSA) is 116 Å². The Labute approximate surface area is 129 Å². The Balaban J connectivity index is 2.78. The second-order valence-electron chi connectivity index (χ2n) is 5.95. The minimum atomic E-state index is -1.12. The van der Waals surface area contributed by atoms with Crippen LogP contribution in [0, 0.1) is 0 Å². The van der Waals surface area contributed by atoms with Crippen LogP contribution in [-0.2, 0) is 19.1 Å². The van der Waals surface area contributed by atoms with Gasteiger partial charge in [-0.1, -0.05) is 0 Å². The maximum Gasteiger partial charge on any atom is 0.329 e. The number of hydrogen-bond acceptors (Lipinski definition) is 5. The summed E-state index contributed by atoms with van der Waals surface area (Å²) >= 11 is 0. The molecule has 1 aromatic rings. The van der Waals surface area contributed by atoms with Crippen LogP contribution in [0.25, 0.3) is 0 Å². The van der Waals surface area contributed by atoms with Crippen molar-refractivity contribution in [2.45, 2.75) is 51.8 Å². The lowest BCUT2D eigenvalue weighted by molar-refractivity contribution is -0.159. The van der Waals surface area contributed by atoms with Crippen molar-refractivity contribution in [1.29, 1.82) is 0 Å². The molecule has 1 heterocycles. The average Bonchev–Trinajstić information content (AvgIpc) is 2.87. The molecule has 0 spiro atoms. The van der Waals surface area contributed by atoms with Crippen molar-refractivity contribution in [2.24, 2.45) is 5.73 Å². The number of imidazole rings is 1. The lowest BCUT2D eigenvalue weighted by Crippen LogP contribution is -2.47. The second-order valence-corrected chi connectivity index (χ2v) is 5.95. The lowest BCUT2D eigenvalue weighted by atomic mass is 10.1. The smallest absolute Gasteiger partial charge is 0.329 e. The van der Waals surface area contributed by atoms with Crippen molar-refractivity contribution in [3.05, 3.63) is 18.7 Å². The number of nitrogens with zero attached hydrogens (tertiary/aromatic N) is 2. The third-order valence-corrected chi connectivity index (χ3v) is 2.76. The van der Waals surface area contributed by atoms with Crippen LogP contribution in [0.4, 0.5) is 0 Å². The monoisotopic (exact) mass is 310 g/mol. The molecule has 2 unspecified atom stereocenters. The van der Waals surface area contributed by atoms with E-state index >= 15 is 0 Å². The standard InChI is InChI=1S/C14H22N4O4/c1-9(18-6-5-16-8-18)12(20)17-10(7-11(15)19)13(21)22-14(2,3)4/h5-6,8-10H,7H2,1-4H3,(H2,15,19)(H,17,20). The number of primary amides is 1. The molecule has 0 radical (unpaired) electrons. The van der Waals surface area contributed by atoms with Crippen LogP contribution < -0.4 is 11.1 Å². The van der Waals surface area contributed by atoms with Gasteiger partial charge in [0.05, 0.1) is 12.7 Å². The van der Waals surface area contributed by atoms with E-state index in [0.29, 0.717) is 0 Å². The predicted molar refractivity (Wildman–Crippen MR) is 78.5 cm³/mol. The number of ether oxygens (including phenoxy) is 1. The van der Waals surface area contributed by atoms with Crippen molar-refractivity contribution in [2.75, 3.05) is 0 Å². The summed E-state index contributed by atoms with van der Waals surface area (Å²) in [5, 5.41) is 2.50. The zero-order chi connectivity index (χ0) is 16.9. The highest BCUT2D eigenvalue weighted by molar-refractivity contribution is 5.90. The number of esters is 1. The summed E-state index contributed by atoms with van der Waals surface area (Å²) < 4.78 is 6.77. The molecule has 0 aliphatic rings. The largest absolute Gasteiger partial charge is 0.458 e. The highest BCUT2D eigenvalue weighted by atomic mass is 16.6. The van der Waals surface area contributed by atoms with Gasteiger partial charge in [0.25, 0.3) is 0 Å². The Morgan fingerprint density at radius 3 is 2.45 bits per heavy atom. The lowest BCUT2D eigenvalue weighted by Gasteiger charge is -2.25. The number of aromatic nitrogens is 2. The highest BCUT2D eigenvalue weighted by Crippen LogP contribution is 2.11. The number of carbonyl (C=O) groups is 3. The van der Waals surface area contributed by atoms with Crippen LogP contribution in [-0.4, -0.2) is 39.0 Å². The summed E-state index contributed by atoms with van der Waals surface area (Å²) in [6.07, 6.45) is 4.33. The summed E-state index contributed by atoms with van der Waals surface area (Å²) in [7, 11) is 0. The molecule has 22 heavy (non-hydrogen) atoms. The second kappa shape index (κ2) is 7.06. The van der Waals surface area contributed by atoms with Crippen LogP contribution in [0.3, 0.4) is 0 Å². The summed E-state index contributed by atoms with van der Waals surface area (Å²) in [5.41, 5.74) is 4.40. The molecule has 0 saturated carbocycles. The summed E-state index contributed by atoms with van der Waals surface area (Å²) in [5.74, 6) is -1.83. The Hall–Kier alpha value is -2.38. The molecule has 2 amide bonds. The number of rotatable bonds is 6. The first-order chi connectivity index (χ1) is 10.1. The van der Waals surface area contributed by atoms with E-state index in [-0.39, 0.29) is 6.42 Å². The van der Waals surface area contributed by atoms with Crippen LogP contribution in [0.1, 0.15) is 40.2 Å². The van der Waals surface area contributed by atoms with Crippen molar-refractivity contribution in [3.8, 4) is 0 Å². The van der Waals surface area contributed by atoms with Crippen molar-refractivity contribution in [3.63, 3.8) is 0 Å². The Morgan fingerprint density at radius 1 is 1.36 bits per heavy atom. The molecule has 0 saturated heterocycles. The van der Waals surface area contributed by atoms with Gasteiger partial charge in [0.2, 0.25) is 11.8 Å². The fourth-order valence-corrected chi connectivity index (χ4v) is 1.69. The fourth-order valence-electron chi connectivity index (χ4n) is 1.69. The number of amides is 2. The van der Waals surface area contributed by atoms with Gasteiger partial charge >= 0.3 is 5.97 Å². The van der Waals surface area contributed by atoms with Crippen molar-refractivity contribution < 1.29 is 19.1 Å². The molecule has 8 nitrogen and oxygen atoms in total. The predicted octanol–water partition coefficient (Wildman–Crippen LogP) is 0.146. The highest BCUT2D eigenvalue weighted by Gasteiger charge is 2.29. The third-order valence-electron chi connectivity index (χ3n) is 2.76. The quantitative estimate of drug-likeness (QED) is 0.725. The van der Waals surface area contributed by atoms with E-state index in [4.69, 9.17) is 10.5 Å². The zero-order valence-corrected chi connectivity index (χ0v) is 13.2. The van der Waals surface area contributed by atoms with Crippen LogP contribution in [0.15, 0.2) is 18.7 Å². The van der Waals surface area contributed by atoms with Crippen molar-refractivity contribution in [1.82, 2.24) is 14.9 Å². The maximum atomic E-state index is 12.2. The first kappa shape index (κ1) is 17.7. The van der Waals surface area contributed by atoms with E-state index in [2.05, 4.69) is 10.3 Å². The summed E-state index contributed by atoms with van der Waals surface area (Å²) in [6.45, 7) is 6.74. The SMILES string of the molecule is CC(C(=O)NC(CC(N)=O)C(=O)OC(C)(C)C)n1ccnc1. The molecular weight excluding hydrogens is 288 g/mol. The fraction of sp³-hybridized carbons (Fsp3) is 0.571. The third kappa shape index (κ3) is 5.55. The van der Waals surface area contributed by atoms with E-state index in [1.54, 1.807) is 44.7 Å². The molecule has 0 fully saturated rings. The van der Waals surface area contributed by atoms with Gasteiger partial charge < -0.3 is 20.4 Å². The molecule has 1 aromatic heterocycles. The zero-order valence-electron chi connectivity index (χ0n) is 13.2. The first-order valence-electron chi connectivity index (χ1n) is 6.89. The Morgan fingerprint density at radius 2 is 2.00 bits per heavy atom. The van der Waals surface area contributed by atoms with Crippen molar-refractivity contribution >= 4 is 17.8 Å².